The highest BCUT2D eigenvalue weighted by Gasteiger charge is 2.38. The maximum absolute atomic E-state index is 5.69. The molecule has 2 fully saturated rings. The summed E-state index contributed by atoms with van der Waals surface area (Å²) in [5.41, 5.74) is 0.635. The maximum atomic E-state index is 5.69. The summed E-state index contributed by atoms with van der Waals surface area (Å²) in [6.45, 7) is 5.89. The number of nitrogens with zero attached hydrogens (tertiary/aromatic N) is 1. The first-order chi connectivity index (χ1) is 8.11. The maximum Gasteiger partial charge on any atom is 0.0777 e. The molecule has 1 aliphatic heterocycles. The zero-order valence-electron chi connectivity index (χ0n) is 11.3. The van der Waals surface area contributed by atoms with E-state index in [1.165, 1.54) is 56.9 Å². The number of likely N-dealkylation sites (tertiary alicyclic amines) is 1. The Morgan fingerprint density at radius 3 is 2.47 bits per heavy atom. The van der Waals surface area contributed by atoms with Crippen molar-refractivity contribution in [2.45, 2.75) is 51.0 Å². The molecule has 0 radical (unpaired) electrons. The highest BCUT2D eigenvalue weighted by atomic mass is 79.9. The van der Waals surface area contributed by atoms with Crippen LogP contribution in [0.5, 0.6) is 0 Å². The molecule has 0 aromatic carbocycles. The fourth-order valence-electron chi connectivity index (χ4n) is 3.54. The normalized spacial score (nSPS) is 34.1. The van der Waals surface area contributed by atoms with Crippen molar-refractivity contribution in [1.82, 2.24) is 4.90 Å². The third-order valence-corrected chi connectivity index (χ3v) is 5.93. The predicted octanol–water partition coefficient (Wildman–Crippen LogP) is 3.44. The quantitative estimate of drug-likeness (QED) is 0.738. The van der Waals surface area contributed by atoms with Gasteiger partial charge in [0, 0.05) is 25.5 Å². The van der Waals surface area contributed by atoms with Crippen LogP contribution in [0.25, 0.3) is 0 Å². The summed E-state index contributed by atoms with van der Waals surface area (Å²) in [6.07, 6.45) is 8.13. The van der Waals surface area contributed by atoms with Crippen molar-refractivity contribution < 1.29 is 4.74 Å². The Kier molecular flexibility index (Phi) is 4.54. The van der Waals surface area contributed by atoms with Crippen LogP contribution in [-0.2, 0) is 4.74 Å². The van der Waals surface area contributed by atoms with Gasteiger partial charge >= 0.3 is 0 Å². The lowest BCUT2D eigenvalue weighted by Gasteiger charge is -2.43. The molecule has 1 saturated heterocycles. The van der Waals surface area contributed by atoms with Crippen LogP contribution in [0.2, 0.25) is 0 Å². The van der Waals surface area contributed by atoms with Crippen molar-refractivity contribution in [2.75, 3.05) is 32.1 Å². The van der Waals surface area contributed by atoms with Gasteiger partial charge in [0.05, 0.1) is 5.60 Å². The van der Waals surface area contributed by atoms with E-state index in [-0.39, 0.29) is 5.60 Å². The van der Waals surface area contributed by atoms with E-state index in [0.29, 0.717) is 5.41 Å². The van der Waals surface area contributed by atoms with Gasteiger partial charge in [-0.1, -0.05) is 28.8 Å². The van der Waals surface area contributed by atoms with Crippen molar-refractivity contribution in [1.29, 1.82) is 0 Å². The Hall–Kier alpha value is 0.400. The highest BCUT2D eigenvalue weighted by Crippen LogP contribution is 2.41. The number of piperidine rings is 1. The summed E-state index contributed by atoms with van der Waals surface area (Å²) in [7, 11) is 1.86. The smallest absolute Gasteiger partial charge is 0.0777 e. The molecular formula is C14H26BrNO. The molecule has 2 rings (SSSR count). The molecule has 100 valence electrons. The van der Waals surface area contributed by atoms with E-state index in [0.717, 1.165) is 6.54 Å². The molecule has 1 unspecified atom stereocenters. The van der Waals surface area contributed by atoms with Crippen LogP contribution < -0.4 is 0 Å². The van der Waals surface area contributed by atoms with Gasteiger partial charge in [-0.2, -0.15) is 0 Å². The van der Waals surface area contributed by atoms with E-state index in [2.05, 4.69) is 27.8 Å². The zero-order chi connectivity index (χ0) is 12.4. The minimum atomic E-state index is 0.0877. The van der Waals surface area contributed by atoms with Gasteiger partial charge in [-0.05, 0) is 44.6 Å². The lowest BCUT2D eigenvalue weighted by Crippen LogP contribution is -2.50. The number of hydrogen-bond acceptors (Lipinski definition) is 2. The second-order valence-electron chi connectivity index (χ2n) is 6.31. The standard InChI is InChI=1S/C14H26BrNO/c1-13(17-2)6-5-9-16(11-13)12-14(10-15)7-3-4-8-14/h3-12H2,1-2H3. The topological polar surface area (TPSA) is 12.5 Å². The van der Waals surface area contributed by atoms with E-state index < -0.39 is 0 Å². The molecule has 0 bridgehead atoms. The first-order valence-electron chi connectivity index (χ1n) is 6.95. The molecule has 3 heteroatoms. The fourth-order valence-corrected chi connectivity index (χ4v) is 4.28. The van der Waals surface area contributed by atoms with Gasteiger partial charge in [0.15, 0.2) is 0 Å². The highest BCUT2D eigenvalue weighted by molar-refractivity contribution is 9.09. The third-order valence-electron chi connectivity index (χ3n) is 4.74. The second-order valence-corrected chi connectivity index (χ2v) is 6.87. The zero-order valence-corrected chi connectivity index (χ0v) is 12.9. The van der Waals surface area contributed by atoms with Crippen LogP contribution in [0.15, 0.2) is 0 Å². The Balaban J connectivity index is 1.94. The van der Waals surface area contributed by atoms with Crippen molar-refractivity contribution in [2.24, 2.45) is 5.41 Å². The summed E-state index contributed by atoms with van der Waals surface area (Å²) in [6, 6.07) is 0. The summed E-state index contributed by atoms with van der Waals surface area (Å²) in [4.78, 5) is 2.64. The molecule has 1 atom stereocenters. The molecule has 17 heavy (non-hydrogen) atoms. The molecule has 1 aliphatic carbocycles. The van der Waals surface area contributed by atoms with Crippen LogP contribution in [0.4, 0.5) is 0 Å². The largest absolute Gasteiger partial charge is 0.377 e. The Morgan fingerprint density at radius 2 is 1.88 bits per heavy atom. The van der Waals surface area contributed by atoms with Crippen LogP contribution in [0.3, 0.4) is 0 Å². The van der Waals surface area contributed by atoms with Gasteiger partial charge in [-0.15, -0.1) is 0 Å². The Bertz CT molecular complexity index is 253. The average Bonchev–Trinajstić information content (AvgIpc) is 2.78. The number of methoxy groups -OCH3 is 1. The third kappa shape index (κ3) is 3.24. The number of hydrogen-bond donors (Lipinski definition) is 0. The van der Waals surface area contributed by atoms with Crippen molar-refractivity contribution >= 4 is 15.9 Å². The van der Waals surface area contributed by atoms with Crippen LogP contribution in [0.1, 0.15) is 45.4 Å². The summed E-state index contributed by atoms with van der Waals surface area (Å²) >= 11 is 3.75. The minimum Gasteiger partial charge on any atom is -0.377 e. The fraction of sp³-hybridized carbons (Fsp3) is 1.00. The van der Waals surface area contributed by atoms with E-state index in [1.54, 1.807) is 0 Å². The minimum absolute atomic E-state index is 0.0877. The van der Waals surface area contributed by atoms with Gasteiger partial charge in [-0.3, -0.25) is 4.90 Å². The first kappa shape index (κ1) is 13.8. The number of rotatable bonds is 4. The van der Waals surface area contributed by atoms with Crippen molar-refractivity contribution in [3.05, 3.63) is 0 Å². The van der Waals surface area contributed by atoms with Gasteiger partial charge in [0.2, 0.25) is 0 Å². The van der Waals surface area contributed by atoms with Gasteiger partial charge in [0.25, 0.3) is 0 Å². The summed E-state index contributed by atoms with van der Waals surface area (Å²) in [5, 5.41) is 1.17. The monoisotopic (exact) mass is 303 g/mol. The number of ether oxygens (including phenoxy) is 1. The molecule has 1 saturated carbocycles. The molecule has 0 aromatic rings. The first-order valence-corrected chi connectivity index (χ1v) is 8.07. The van der Waals surface area contributed by atoms with E-state index in [9.17, 15) is 0 Å². The second kappa shape index (κ2) is 5.58. The molecule has 2 aliphatic rings. The van der Waals surface area contributed by atoms with Crippen LogP contribution in [-0.4, -0.2) is 42.6 Å². The van der Waals surface area contributed by atoms with Crippen molar-refractivity contribution in [3.63, 3.8) is 0 Å². The SMILES string of the molecule is COC1(C)CCCN(CC2(CBr)CCCC2)C1. The Labute approximate surface area is 114 Å². The lowest BCUT2D eigenvalue weighted by molar-refractivity contribution is -0.0577. The lowest BCUT2D eigenvalue weighted by atomic mass is 9.86. The molecule has 0 aromatic heterocycles. The van der Waals surface area contributed by atoms with E-state index >= 15 is 0 Å². The molecule has 0 N–H and O–H groups in total. The summed E-state index contributed by atoms with van der Waals surface area (Å²) < 4.78 is 5.69. The van der Waals surface area contributed by atoms with Gasteiger partial charge in [0.1, 0.15) is 0 Å². The van der Waals surface area contributed by atoms with Crippen molar-refractivity contribution in [3.8, 4) is 0 Å². The molecule has 1 heterocycles. The molecule has 0 spiro atoms. The average molecular weight is 304 g/mol. The van der Waals surface area contributed by atoms with E-state index in [1.807, 2.05) is 7.11 Å². The Morgan fingerprint density at radius 1 is 1.18 bits per heavy atom. The van der Waals surface area contributed by atoms with Gasteiger partial charge < -0.3 is 4.74 Å². The number of alkyl halides is 1. The van der Waals surface area contributed by atoms with Gasteiger partial charge in [-0.25, -0.2) is 0 Å². The molecular weight excluding hydrogens is 278 g/mol. The van der Waals surface area contributed by atoms with E-state index in [4.69, 9.17) is 4.74 Å². The van der Waals surface area contributed by atoms with Crippen LogP contribution >= 0.6 is 15.9 Å². The van der Waals surface area contributed by atoms with Crippen LogP contribution in [0, 0.1) is 5.41 Å². The summed E-state index contributed by atoms with van der Waals surface area (Å²) in [5.74, 6) is 0. The molecule has 0 amide bonds. The molecule has 2 nitrogen and oxygen atoms in total. The predicted molar refractivity (Wildman–Crippen MR) is 75.8 cm³/mol. The number of halogens is 1.